The second kappa shape index (κ2) is 5.72. The summed E-state index contributed by atoms with van der Waals surface area (Å²) in [5.41, 5.74) is 7.79. The third kappa shape index (κ3) is 2.49. The van der Waals surface area contributed by atoms with E-state index in [2.05, 4.69) is 42.6 Å². The van der Waals surface area contributed by atoms with Crippen molar-refractivity contribution < 1.29 is 0 Å². The first-order valence-corrected chi connectivity index (χ1v) is 7.97. The summed E-state index contributed by atoms with van der Waals surface area (Å²) in [6, 6.07) is 2.22. The zero-order chi connectivity index (χ0) is 13.2. The van der Waals surface area contributed by atoms with Crippen molar-refractivity contribution in [3.8, 4) is 0 Å². The average Bonchev–Trinajstić information content (AvgIpc) is 2.85. The molecule has 1 saturated carbocycles. The Hall–Kier alpha value is -0.380. The van der Waals surface area contributed by atoms with Crippen molar-refractivity contribution >= 4 is 11.3 Å². The largest absolute Gasteiger partial charge is 0.329 e. The van der Waals surface area contributed by atoms with Gasteiger partial charge in [-0.15, -0.1) is 0 Å². The fourth-order valence-electron chi connectivity index (χ4n) is 3.53. The molecule has 0 saturated heterocycles. The molecule has 2 rings (SSSR count). The molecule has 1 aliphatic carbocycles. The molecular weight excluding hydrogens is 240 g/mol. The first kappa shape index (κ1) is 14.0. The molecule has 2 N–H and O–H groups in total. The van der Waals surface area contributed by atoms with Crippen LogP contribution < -0.4 is 5.73 Å². The van der Waals surface area contributed by atoms with E-state index in [9.17, 15) is 0 Å². The zero-order valence-electron chi connectivity index (χ0n) is 11.9. The Morgan fingerprint density at radius 3 is 2.89 bits per heavy atom. The number of hydrogen-bond donors (Lipinski definition) is 1. The summed E-state index contributed by atoms with van der Waals surface area (Å²) in [6.07, 6.45) is 3.92. The van der Waals surface area contributed by atoms with Gasteiger partial charge in [-0.3, -0.25) is 4.90 Å². The van der Waals surface area contributed by atoms with Gasteiger partial charge in [0, 0.05) is 18.6 Å². The van der Waals surface area contributed by atoms with Gasteiger partial charge in [0.25, 0.3) is 0 Å². The zero-order valence-corrected chi connectivity index (χ0v) is 12.7. The van der Waals surface area contributed by atoms with Gasteiger partial charge in [0.15, 0.2) is 0 Å². The molecule has 0 aromatic carbocycles. The van der Waals surface area contributed by atoms with Crippen LogP contribution in [0.5, 0.6) is 0 Å². The van der Waals surface area contributed by atoms with Gasteiger partial charge in [0.05, 0.1) is 0 Å². The van der Waals surface area contributed by atoms with Gasteiger partial charge in [-0.05, 0) is 47.7 Å². The van der Waals surface area contributed by atoms with Crippen molar-refractivity contribution in [3.63, 3.8) is 0 Å². The second-order valence-corrected chi connectivity index (χ2v) is 6.73. The number of nitrogens with zero attached hydrogens (tertiary/aromatic N) is 1. The summed E-state index contributed by atoms with van der Waals surface area (Å²) >= 11 is 1.78. The molecular formula is C15H26N2S. The van der Waals surface area contributed by atoms with Gasteiger partial charge in [-0.25, -0.2) is 0 Å². The number of rotatable bonds is 4. The molecule has 1 aromatic rings. The Bertz CT molecular complexity index is 363. The van der Waals surface area contributed by atoms with Crippen LogP contribution in [-0.4, -0.2) is 24.0 Å². The van der Waals surface area contributed by atoms with Crippen LogP contribution in [0, 0.1) is 11.8 Å². The molecule has 1 fully saturated rings. The van der Waals surface area contributed by atoms with Crippen molar-refractivity contribution in [2.24, 2.45) is 17.6 Å². The van der Waals surface area contributed by atoms with Crippen molar-refractivity contribution in [1.29, 1.82) is 0 Å². The van der Waals surface area contributed by atoms with Crippen molar-refractivity contribution in [2.45, 2.75) is 45.2 Å². The van der Waals surface area contributed by atoms with Crippen LogP contribution in [0.25, 0.3) is 0 Å². The lowest BCUT2D eigenvalue weighted by Crippen LogP contribution is -2.59. The second-order valence-electron chi connectivity index (χ2n) is 5.95. The fraction of sp³-hybridized carbons (Fsp3) is 0.733. The minimum atomic E-state index is 0.194. The van der Waals surface area contributed by atoms with Crippen LogP contribution in [0.2, 0.25) is 0 Å². The fourth-order valence-corrected chi connectivity index (χ4v) is 4.19. The average molecular weight is 266 g/mol. The predicted octanol–water partition coefficient (Wildman–Crippen LogP) is 3.33. The summed E-state index contributed by atoms with van der Waals surface area (Å²) in [6.45, 7) is 6.57. The predicted molar refractivity (Wildman–Crippen MR) is 79.8 cm³/mol. The summed E-state index contributed by atoms with van der Waals surface area (Å²) in [5.74, 6) is 1.46. The number of thiophene rings is 1. The standard InChI is InChI=1S/C15H26N2S/c1-12-5-4-7-15(11-16,13(12)2)17(3)9-14-6-8-18-10-14/h6,8,10,12-13H,4-5,7,9,11,16H2,1-3H3. The normalized spacial score (nSPS) is 32.9. The molecule has 0 bridgehead atoms. The molecule has 18 heavy (non-hydrogen) atoms. The third-order valence-electron chi connectivity index (χ3n) is 5.08. The van der Waals surface area contributed by atoms with Gasteiger partial charge in [0.2, 0.25) is 0 Å². The van der Waals surface area contributed by atoms with E-state index in [1.54, 1.807) is 11.3 Å². The number of nitrogens with two attached hydrogens (primary N) is 1. The highest BCUT2D eigenvalue weighted by Gasteiger charge is 2.43. The van der Waals surface area contributed by atoms with Gasteiger partial charge in [0.1, 0.15) is 0 Å². The lowest BCUT2D eigenvalue weighted by atomic mass is 9.67. The maximum Gasteiger partial charge on any atom is 0.0360 e. The van der Waals surface area contributed by atoms with Gasteiger partial charge in [-0.1, -0.05) is 26.7 Å². The quantitative estimate of drug-likeness (QED) is 0.905. The molecule has 0 aliphatic heterocycles. The molecule has 3 unspecified atom stereocenters. The van der Waals surface area contributed by atoms with E-state index in [-0.39, 0.29) is 5.54 Å². The Kier molecular flexibility index (Phi) is 4.46. The van der Waals surface area contributed by atoms with Crippen molar-refractivity contribution in [1.82, 2.24) is 4.90 Å². The van der Waals surface area contributed by atoms with E-state index in [0.29, 0.717) is 5.92 Å². The summed E-state index contributed by atoms with van der Waals surface area (Å²) in [5, 5.41) is 4.41. The van der Waals surface area contributed by atoms with Crippen LogP contribution in [0.1, 0.15) is 38.7 Å². The van der Waals surface area contributed by atoms with Crippen LogP contribution >= 0.6 is 11.3 Å². The van der Waals surface area contributed by atoms with Crippen LogP contribution in [-0.2, 0) is 6.54 Å². The van der Waals surface area contributed by atoms with Crippen molar-refractivity contribution in [2.75, 3.05) is 13.6 Å². The summed E-state index contributed by atoms with van der Waals surface area (Å²) in [7, 11) is 2.25. The molecule has 0 radical (unpaired) electrons. The first-order valence-electron chi connectivity index (χ1n) is 7.02. The molecule has 1 aliphatic rings. The Labute approximate surface area is 115 Å². The monoisotopic (exact) mass is 266 g/mol. The molecule has 1 heterocycles. The Balaban J connectivity index is 2.15. The summed E-state index contributed by atoms with van der Waals surface area (Å²) in [4.78, 5) is 2.51. The molecule has 0 spiro atoms. The van der Waals surface area contributed by atoms with Gasteiger partial charge >= 0.3 is 0 Å². The first-order chi connectivity index (χ1) is 8.60. The molecule has 102 valence electrons. The highest BCUT2D eigenvalue weighted by molar-refractivity contribution is 7.07. The maximum atomic E-state index is 6.18. The molecule has 0 amide bonds. The highest BCUT2D eigenvalue weighted by atomic mass is 32.1. The SMILES string of the molecule is CC1CCCC(CN)(N(C)Cc2ccsc2)C1C. The van der Waals surface area contributed by atoms with Crippen LogP contribution in [0.15, 0.2) is 16.8 Å². The number of hydrogen-bond acceptors (Lipinski definition) is 3. The molecule has 3 atom stereocenters. The van der Waals surface area contributed by atoms with Gasteiger partial charge in [-0.2, -0.15) is 11.3 Å². The Morgan fingerprint density at radius 2 is 2.28 bits per heavy atom. The van der Waals surface area contributed by atoms with Gasteiger partial charge < -0.3 is 5.73 Å². The smallest absolute Gasteiger partial charge is 0.0360 e. The third-order valence-corrected chi connectivity index (χ3v) is 5.82. The minimum absolute atomic E-state index is 0.194. The van der Waals surface area contributed by atoms with E-state index in [0.717, 1.165) is 19.0 Å². The van der Waals surface area contributed by atoms with E-state index in [1.807, 2.05) is 0 Å². The molecule has 2 nitrogen and oxygen atoms in total. The lowest BCUT2D eigenvalue weighted by molar-refractivity contribution is 0.00144. The summed E-state index contributed by atoms with van der Waals surface area (Å²) < 4.78 is 0. The molecule has 1 aromatic heterocycles. The maximum absolute atomic E-state index is 6.18. The molecule has 3 heteroatoms. The van der Waals surface area contributed by atoms with E-state index < -0.39 is 0 Å². The topological polar surface area (TPSA) is 29.3 Å². The van der Waals surface area contributed by atoms with E-state index in [1.165, 1.54) is 24.8 Å². The number of likely N-dealkylation sites (N-methyl/N-ethyl adjacent to an activating group) is 1. The lowest BCUT2D eigenvalue weighted by Gasteiger charge is -2.51. The van der Waals surface area contributed by atoms with Crippen LogP contribution in [0.3, 0.4) is 0 Å². The van der Waals surface area contributed by atoms with Crippen molar-refractivity contribution in [3.05, 3.63) is 22.4 Å². The van der Waals surface area contributed by atoms with Crippen LogP contribution in [0.4, 0.5) is 0 Å². The highest BCUT2D eigenvalue weighted by Crippen LogP contribution is 2.41. The Morgan fingerprint density at radius 1 is 1.50 bits per heavy atom. The minimum Gasteiger partial charge on any atom is -0.329 e. The van der Waals surface area contributed by atoms with E-state index in [4.69, 9.17) is 5.73 Å². The van der Waals surface area contributed by atoms with E-state index >= 15 is 0 Å².